The molecule has 0 bridgehead atoms. The van der Waals surface area contributed by atoms with Crippen molar-refractivity contribution in [3.63, 3.8) is 0 Å². The van der Waals surface area contributed by atoms with Gasteiger partial charge in [0.2, 0.25) is 5.91 Å². The number of fused-ring (bicyclic) bond motifs is 4. The Hall–Kier alpha value is -2.67. The largest absolute Gasteiger partial charge is 0.464 e. The van der Waals surface area contributed by atoms with Gasteiger partial charge in [-0.1, -0.05) is 11.3 Å². The van der Waals surface area contributed by atoms with Gasteiger partial charge in [-0.15, -0.1) is 5.10 Å². The number of amides is 1. The van der Waals surface area contributed by atoms with Gasteiger partial charge in [-0.05, 0) is 43.9 Å². The van der Waals surface area contributed by atoms with Gasteiger partial charge in [-0.3, -0.25) is 4.79 Å². The fourth-order valence-corrected chi connectivity index (χ4v) is 4.61. The number of benzene rings is 1. The smallest absolute Gasteiger partial charge is 0.227 e. The van der Waals surface area contributed by atoms with E-state index in [9.17, 15) is 4.79 Å². The number of piperidine rings is 1. The number of carbonyl (C=O) groups is 1. The Morgan fingerprint density at radius 2 is 2.14 bits per heavy atom. The quantitative estimate of drug-likeness (QED) is 0.683. The summed E-state index contributed by atoms with van der Waals surface area (Å²) in [5.41, 5.74) is 6.37. The lowest BCUT2D eigenvalue weighted by Gasteiger charge is -2.41. The van der Waals surface area contributed by atoms with Crippen LogP contribution in [0.4, 0.5) is 0 Å². The first kappa shape index (κ1) is 17.4. The SMILES string of the molecule is Cc1cc(C)c2c(CC(=O)N3CC[C@H]4[C@H](C3)OCc3cnnn34)coc2c1C. The summed E-state index contributed by atoms with van der Waals surface area (Å²) in [7, 11) is 0. The molecular weight excluding hydrogens is 356 g/mol. The maximum Gasteiger partial charge on any atom is 0.227 e. The molecule has 0 saturated carbocycles. The summed E-state index contributed by atoms with van der Waals surface area (Å²) in [6.07, 6.45) is 4.65. The molecule has 3 aromatic rings. The molecule has 2 aliphatic heterocycles. The maximum absolute atomic E-state index is 13.0. The summed E-state index contributed by atoms with van der Waals surface area (Å²) in [5, 5.41) is 9.27. The van der Waals surface area contributed by atoms with E-state index in [4.69, 9.17) is 9.15 Å². The Balaban J connectivity index is 1.35. The summed E-state index contributed by atoms with van der Waals surface area (Å²) in [5.74, 6) is 0.117. The predicted octanol–water partition coefficient (Wildman–Crippen LogP) is 2.86. The van der Waals surface area contributed by atoms with Crippen molar-refractivity contribution in [2.45, 2.75) is 52.4 Å². The van der Waals surface area contributed by atoms with E-state index < -0.39 is 0 Å². The Bertz CT molecular complexity index is 1070. The third kappa shape index (κ3) is 2.64. The highest BCUT2D eigenvalue weighted by molar-refractivity contribution is 5.92. The summed E-state index contributed by atoms with van der Waals surface area (Å²) in [6, 6.07) is 2.33. The van der Waals surface area contributed by atoms with Crippen LogP contribution in [0, 0.1) is 20.8 Å². The number of furan rings is 1. The van der Waals surface area contributed by atoms with Gasteiger partial charge in [0, 0.05) is 24.0 Å². The molecule has 5 rings (SSSR count). The number of hydrogen-bond donors (Lipinski definition) is 0. The van der Waals surface area contributed by atoms with Crippen molar-refractivity contribution in [2.24, 2.45) is 0 Å². The molecule has 0 aliphatic carbocycles. The molecule has 2 atom stereocenters. The molecule has 0 radical (unpaired) electrons. The average molecular weight is 380 g/mol. The highest BCUT2D eigenvalue weighted by Crippen LogP contribution is 2.33. The molecule has 7 heteroatoms. The monoisotopic (exact) mass is 380 g/mol. The molecule has 4 heterocycles. The lowest BCUT2D eigenvalue weighted by atomic mass is 9.97. The van der Waals surface area contributed by atoms with Crippen molar-refractivity contribution in [2.75, 3.05) is 13.1 Å². The number of aromatic nitrogens is 3. The predicted molar refractivity (Wildman–Crippen MR) is 103 cm³/mol. The van der Waals surface area contributed by atoms with Crippen molar-refractivity contribution in [3.05, 3.63) is 46.5 Å². The minimum atomic E-state index is -0.0281. The van der Waals surface area contributed by atoms with Crippen molar-refractivity contribution in [1.29, 1.82) is 0 Å². The van der Waals surface area contributed by atoms with E-state index in [1.807, 2.05) is 9.58 Å². The first-order valence-corrected chi connectivity index (χ1v) is 9.78. The van der Waals surface area contributed by atoms with Crippen LogP contribution in [0.25, 0.3) is 11.0 Å². The standard InChI is InChI=1S/C21H24N4O3/c1-12-6-13(2)20-15(10-28-21(20)14(12)3)7-19(26)24-5-4-17-18(9-24)27-11-16-8-22-23-25(16)17/h6,8,10,17-18H,4-5,7,9,11H2,1-3H3/t17-,18-/m0/s1. The van der Waals surface area contributed by atoms with E-state index in [0.717, 1.165) is 39.8 Å². The van der Waals surface area contributed by atoms with Crippen LogP contribution in [-0.4, -0.2) is 45.0 Å². The first-order chi connectivity index (χ1) is 13.5. The van der Waals surface area contributed by atoms with E-state index in [-0.39, 0.29) is 18.1 Å². The van der Waals surface area contributed by atoms with E-state index in [2.05, 4.69) is 37.1 Å². The second kappa shape index (κ2) is 6.44. The number of ether oxygens (including phenoxy) is 1. The van der Waals surface area contributed by atoms with Gasteiger partial charge in [0.15, 0.2) is 0 Å². The molecule has 2 aromatic heterocycles. The van der Waals surface area contributed by atoms with E-state index in [1.54, 1.807) is 12.5 Å². The molecule has 1 amide bonds. The Morgan fingerprint density at radius 3 is 3.00 bits per heavy atom. The summed E-state index contributed by atoms with van der Waals surface area (Å²) in [6.45, 7) is 8.03. The summed E-state index contributed by atoms with van der Waals surface area (Å²) < 4.78 is 13.8. The topological polar surface area (TPSA) is 73.4 Å². The molecule has 1 aromatic carbocycles. The number of nitrogens with zero attached hydrogens (tertiary/aromatic N) is 4. The minimum absolute atomic E-state index is 0.0281. The lowest BCUT2D eigenvalue weighted by Crippen LogP contribution is -2.50. The normalized spacial score (nSPS) is 21.6. The maximum atomic E-state index is 13.0. The van der Waals surface area contributed by atoms with Gasteiger partial charge in [-0.25, -0.2) is 4.68 Å². The van der Waals surface area contributed by atoms with Crippen LogP contribution < -0.4 is 0 Å². The van der Waals surface area contributed by atoms with Crippen LogP contribution in [0.3, 0.4) is 0 Å². The van der Waals surface area contributed by atoms with Crippen LogP contribution in [-0.2, 0) is 22.6 Å². The third-order valence-electron chi connectivity index (χ3n) is 6.25. The van der Waals surface area contributed by atoms with E-state index in [1.165, 1.54) is 5.56 Å². The highest BCUT2D eigenvalue weighted by atomic mass is 16.5. The van der Waals surface area contributed by atoms with Crippen molar-refractivity contribution in [3.8, 4) is 0 Å². The van der Waals surface area contributed by atoms with Gasteiger partial charge in [-0.2, -0.15) is 0 Å². The minimum Gasteiger partial charge on any atom is -0.464 e. The Labute approximate surface area is 163 Å². The second-order valence-corrected chi connectivity index (χ2v) is 7.99. The second-order valence-electron chi connectivity index (χ2n) is 7.99. The molecule has 146 valence electrons. The zero-order chi connectivity index (χ0) is 19.4. The number of aryl methyl sites for hydroxylation is 3. The first-order valence-electron chi connectivity index (χ1n) is 9.78. The zero-order valence-electron chi connectivity index (χ0n) is 16.4. The van der Waals surface area contributed by atoms with Crippen LogP contribution in [0.5, 0.6) is 0 Å². The van der Waals surface area contributed by atoms with Gasteiger partial charge in [0.1, 0.15) is 5.58 Å². The Kier molecular flexibility index (Phi) is 4.01. The van der Waals surface area contributed by atoms with Crippen LogP contribution >= 0.6 is 0 Å². The average Bonchev–Trinajstić information content (AvgIpc) is 3.33. The van der Waals surface area contributed by atoms with Crippen molar-refractivity contribution in [1.82, 2.24) is 19.9 Å². The van der Waals surface area contributed by atoms with Gasteiger partial charge in [0.25, 0.3) is 0 Å². The molecule has 7 nitrogen and oxygen atoms in total. The molecule has 2 aliphatic rings. The van der Waals surface area contributed by atoms with Crippen LogP contribution in [0.1, 0.15) is 40.4 Å². The molecule has 0 N–H and O–H groups in total. The van der Waals surface area contributed by atoms with Gasteiger partial charge < -0.3 is 14.1 Å². The lowest BCUT2D eigenvalue weighted by molar-refractivity contribution is -0.138. The fourth-order valence-electron chi connectivity index (χ4n) is 4.61. The van der Waals surface area contributed by atoms with Gasteiger partial charge in [0.05, 0.1) is 43.3 Å². The third-order valence-corrected chi connectivity index (χ3v) is 6.25. The number of rotatable bonds is 2. The highest BCUT2D eigenvalue weighted by Gasteiger charge is 2.37. The van der Waals surface area contributed by atoms with E-state index >= 15 is 0 Å². The molecule has 0 spiro atoms. The number of likely N-dealkylation sites (tertiary alicyclic amines) is 1. The van der Waals surface area contributed by atoms with Crippen LogP contribution in [0.2, 0.25) is 0 Å². The number of carbonyl (C=O) groups excluding carboxylic acids is 1. The van der Waals surface area contributed by atoms with Crippen molar-refractivity contribution < 1.29 is 13.9 Å². The molecule has 0 unspecified atom stereocenters. The summed E-state index contributed by atoms with van der Waals surface area (Å²) >= 11 is 0. The van der Waals surface area contributed by atoms with Gasteiger partial charge >= 0.3 is 0 Å². The molecular formula is C21H24N4O3. The molecule has 1 fully saturated rings. The number of hydrogen-bond acceptors (Lipinski definition) is 5. The molecule has 1 saturated heterocycles. The van der Waals surface area contributed by atoms with Crippen molar-refractivity contribution >= 4 is 16.9 Å². The zero-order valence-corrected chi connectivity index (χ0v) is 16.4. The van der Waals surface area contributed by atoms with Crippen LogP contribution in [0.15, 0.2) is 22.9 Å². The Morgan fingerprint density at radius 1 is 1.29 bits per heavy atom. The molecule has 28 heavy (non-hydrogen) atoms. The fraction of sp³-hybridized carbons (Fsp3) is 0.476. The van der Waals surface area contributed by atoms with E-state index in [0.29, 0.717) is 26.1 Å². The summed E-state index contributed by atoms with van der Waals surface area (Å²) in [4.78, 5) is 15.0.